The fourth-order valence-electron chi connectivity index (χ4n) is 2.75. The molecule has 0 bridgehead atoms. The molecule has 3 aromatic rings. The van der Waals surface area contributed by atoms with Crippen molar-refractivity contribution in [2.75, 3.05) is 5.32 Å². The van der Waals surface area contributed by atoms with E-state index in [4.69, 9.17) is 16.3 Å². The molecule has 0 atom stereocenters. The van der Waals surface area contributed by atoms with E-state index in [2.05, 4.69) is 12.2 Å². The van der Waals surface area contributed by atoms with E-state index in [0.29, 0.717) is 11.6 Å². The normalized spacial score (nSPS) is 10.8. The first-order valence-corrected chi connectivity index (χ1v) is 9.56. The minimum absolute atomic E-state index is 0.159. The average Bonchev–Trinajstić information content (AvgIpc) is 2.72. The predicted molar refractivity (Wildman–Crippen MR) is 116 cm³/mol. The third-order valence-electron chi connectivity index (χ3n) is 4.26. The van der Waals surface area contributed by atoms with E-state index in [1.54, 1.807) is 6.08 Å². The van der Waals surface area contributed by atoms with E-state index in [1.165, 1.54) is 6.08 Å². The number of anilines is 1. The van der Waals surface area contributed by atoms with E-state index in [9.17, 15) is 4.79 Å². The second-order valence-corrected chi connectivity index (χ2v) is 6.76. The molecule has 0 aromatic heterocycles. The van der Waals surface area contributed by atoms with Gasteiger partial charge in [0.25, 0.3) is 0 Å². The number of rotatable bonds is 7. The lowest BCUT2D eigenvalue weighted by Crippen LogP contribution is -2.09. The number of hydrogen-bond donors (Lipinski definition) is 1. The Labute approximate surface area is 170 Å². The van der Waals surface area contributed by atoms with Gasteiger partial charge in [0.1, 0.15) is 12.4 Å². The highest BCUT2D eigenvalue weighted by Gasteiger charge is 2.03. The number of amides is 1. The fraction of sp³-hybridized carbons (Fsp3) is 0.125. The van der Waals surface area contributed by atoms with Gasteiger partial charge in [-0.3, -0.25) is 4.79 Å². The van der Waals surface area contributed by atoms with E-state index in [-0.39, 0.29) is 5.91 Å². The van der Waals surface area contributed by atoms with Crippen LogP contribution in [0.5, 0.6) is 5.75 Å². The summed E-state index contributed by atoms with van der Waals surface area (Å²) in [5.41, 5.74) is 3.90. The number of ether oxygens (including phenoxy) is 1. The molecule has 1 amide bonds. The zero-order chi connectivity index (χ0) is 19.8. The molecule has 0 aliphatic heterocycles. The Hall–Kier alpha value is -3.04. The van der Waals surface area contributed by atoms with Crippen molar-refractivity contribution < 1.29 is 9.53 Å². The molecule has 3 aromatic carbocycles. The molecule has 3 nitrogen and oxygen atoms in total. The van der Waals surface area contributed by atoms with Gasteiger partial charge in [-0.25, -0.2) is 0 Å². The van der Waals surface area contributed by atoms with E-state index < -0.39 is 0 Å². The average molecular weight is 392 g/mol. The van der Waals surface area contributed by atoms with Crippen LogP contribution < -0.4 is 10.1 Å². The molecule has 28 heavy (non-hydrogen) atoms. The van der Waals surface area contributed by atoms with Gasteiger partial charge in [0.05, 0.1) is 0 Å². The lowest BCUT2D eigenvalue weighted by Gasteiger charge is -2.08. The first-order chi connectivity index (χ1) is 13.6. The van der Waals surface area contributed by atoms with Gasteiger partial charge in [-0.05, 0) is 59.5 Å². The second-order valence-electron chi connectivity index (χ2n) is 6.32. The summed E-state index contributed by atoms with van der Waals surface area (Å²) < 4.78 is 5.83. The maximum absolute atomic E-state index is 12.2. The molecule has 0 fully saturated rings. The molecule has 0 unspecified atom stereocenters. The zero-order valence-corrected chi connectivity index (χ0v) is 16.4. The smallest absolute Gasteiger partial charge is 0.248 e. The van der Waals surface area contributed by atoms with Crippen LogP contribution in [0.1, 0.15) is 23.6 Å². The molecule has 0 aliphatic carbocycles. The highest BCUT2D eigenvalue weighted by atomic mass is 35.5. The molecule has 0 saturated heterocycles. The summed E-state index contributed by atoms with van der Waals surface area (Å²) in [5, 5.41) is 3.63. The van der Waals surface area contributed by atoms with Crippen molar-refractivity contribution in [2.45, 2.75) is 20.0 Å². The van der Waals surface area contributed by atoms with Crippen LogP contribution in [-0.4, -0.2) is 5.91 Å². The highest BCUT2D eigenvalue weighted by Crippen LogP contribution is 2.18. The Bertz CT molecular complexity index is 964. The summed E-state index contributed by atoms with van der Waals surface area (Å²) in [6.45, 7) is 2.52. The fourth-order valence-corrected chi connectivity index (χ4v) is 2.88. The summed E-state index contributed by atoms with van der Waals surface area (Å²) in [7, 11) is 0. The Morgan fingerprint density at radius 1 is 1.04 bits per heavy atom. The molecule has 142 valence electrons. The van der Waals surface area contributed by atoms with Gasteiger partial charge in [0.15, 0.2) is 0 Å². The SMILES string of the molecule is CCc1ccccc1NC(=O)/C=C/c1cccc(OCc2ccc(Cl)cc2)c1. The third-order valence-corrected chi connectivity index (χ3v) is 4.51. The maximum Gasteiger partial charge on any atom is 0.248 e. The van der Waals surface area contributed by atoms with Gasteiger partial charge >= 0.3 is 0 Å². The number of hydrogen-bond acceptors (Lipinski definition) is 2. The molecule has 1 N–H and O–H groups in total. The van der Waals surface area contributed by atoms with Crippen LogP contribution in [0.15, 0.2) is 78.9 Å². The molecular formula is C24H22ClNO2. The van der Waals surface area contributed by atoms with Crippen LogP contribution in [0, 0.1) is 0 Å². The van der Waals surface area contributed by atoms with Gasteiger partial charge in [-0.2, -0.15) is 0 Å². The van der Waals surface area contributed by atoms with Gasteiger partial charge < -0.3 is 10.1 Å². The number of nitrogens with one attached hydrogen (secondary N) is 1. The van der Waals surface area contributed by atoms with Crippen LogP contribution in [0.2, 0.25) is 5.02 Å². The zero-order valence-electron chi connectivity index (χ0n) is 15.7. The number of benzene rings is 3. The summed E-state index contributed by atoms with van der Waals surface area (Å²) in [5.74, 6) is 0.585. The Morgan fingerprint density at radius 2 is 1.82 bits per heavy atom. The molecule has 0 heterocycles. The minimum Gasteiger partial charge on any atom is -0.489 e. The van der Waals surface area contributed by atoms with Crippen molar-refractivity contribution in [2.24, 2.45) is 0 Å². The maximum atomic E-state index is 12.2. The van der Waals surface area contributed by atoms with Crippen LogP contribution in [0.3, 0.4) is 0 Å². The van der Waals surface area contributed by atoms with Gasteiger partial charge in [-0.15, -0.1) is 0 Å². The lowest BCUT2D eigenvalue weighted by molar-refractivity contribution is -0.111. The van der Waals surface area contributed by atoms with Crippen molar-refractivity contribution >= 4 is 29.3 Å². The molecule has 0 radical (unpaired) electrons. The topological polar surface area (TPSA) is 38.3 Å². The quantitative estimate of drug-likeness (QED) is 0.492. The van der Waals surface area contributed by atoms with Crippen molar-refractivity contribution in [3.8, 4) is 5.75 Å². The predicted octanol–water partition coefficient (Wildman–Crippen LogP) is 6.13. The van der Waals surface area contributed by atoms with Gasteiger partial charge in [0, 0.05) is 16.8 Å². The van der Waals surface area contributed by atoms with Crippen molar-refractivity contribution in [1.82, 2.24) is 0 Å². The summed E-state index contributed by atoms with van der Waals surface area (Å²) in [6, 6.07) is 23.0. The van der Waals surface area contributed by atoms with Gasteiger partial charge in [-0.1, -0.05) is 61.0 Å². The largest absolute Gasteiger partial charge is 0.489 e. The Kier molecular flexibility index (Phi) is 6.88. The molecule has 0 saturated carbocycles. The van der Waals surface area contributed by atoms with E-state index in [1.807, 2.05) is 72.8 Å². The lowest BCUT2D eigenvalue weighted by atomic mass is 10.1. The van der Waals surface area contributed by atoms with Crippen LogP contribution in [-0.2, 0) is 17.8 Å². The highest BCUT2D eigenvalue weighted by molar-refractivity contribution is 6.30. The monoisotopic (exact) mass is 391 g/mol. The van der Waals surface area contributed by atoms with E-state index >= 15 is 0 Å². The first kappa shape index (κ1) is 19.7. The third kappa shape index (κ3) is 5.73. The van der Waals surface area contributed by atoms with Crippen LogP contribution in [0.25, 0.3) is 6.08 Å². The standard InChI is InChI=1S/C24H22ClNO2/c1-2-20-7-3-4-9-23(20)26-24(27)15-12-18-6-5-8-22(16-18)28-17-19-10-13-21(25)14-11-19/h3-16H,2,17H2,1H3,(H,26,27)/b15-12+. The second kappa shape index (κ2) is 9.77. The molecule has 0 spiro atoms. The minimum atomic E-state index is -0.159. The number of halogens is 1. The number of aryl methyl sites for hydroxylation is 1. The van der Waals surface area contributed by atoms with Crippen LogP contribution in [0.4, 0.5) is 5.69 Å². The Morgan fingerprint density at radius 3 is 2.61 bits per heavy atom. The first-order valence-electron chi connectivity index (χ1n) is 9.18. The van der Waals surface area contributed by atoms with Crippen molar-refractivity contribution in [3.63, 3.8) is 0 Å². The summed E-state index contributed by atoms with van der Waals surface area (Å²) in [6.07, 6.45) is 4.18. The van der Waals surface area contributed by atoms with Crippen LogP contribution >= 0.6 is 11.6 Å². The van der Waals surface area contributed by atoms with Gasteiger partial charge in [0.2, 0.25) is 5.91 Å². The molecule has 3 rings (SSSR count). The molecule has 0 aliphatic rings. The summed E-state index contributed by atoms with van der Waals surface area (Å²) in [4.78, 5) is 12.2. The summed E-state index contributed by atoms with van der Waals surface area (Å²) >= 11 is 5.90. The Balaban J connectivity index is 1.60. The van der Waals surface area contributed by atoms with Crippen molar-refractivity contribution in [1.29, 1.82) is 0 Å². The van der Waals surface area contributed by atoms with E-state index in [0.717, 1.165) is 34.5 Å². The molecule has 4 heteroatoms. The number of para-hydroxylation sites is 1. The van der Waals surface area contributed by atoms with Crippen molar-refractivity contribution in [3.05, 3.63) is 101 Å². The number of carbonyl (C=O) groups excluding carboxylic acids is 1. The molecular weight excluding hydrogens is 370 g/mol. The number of carbonyl (C=O) groups is 1.